The average Bonchev–Trinajstić information content (AvgIpc) is 2.40. The van der Waals surface area contributed by atoms with Crippen molar-refractivity contribution in [2.45, 2.75) is 104 Å². The Kier molecular flexibility index (Phi) is 6.50. The number of aldehydes is 1. The number of hydrogen-bond donors (Lipinski definition) is 0. The quantitative estimate of drug-likeness (QED) is 0.356. The zero-order chi connectivity index (χ0) is 20.9. The highest BCUT2D eigenvalue weighted by molar-refractivity contribution is 6.80. The van der Waals surface area contributed by atoms with Gasteiger partial charge in [0.05, 0.1) is 12.0 Å². The van der Waals surface area contributed by atoms with E-state index in [-0.39, 0.29) is 40.0 Å². The minimum Gasteiger partial charge on any atom is -0.413 e. The fourth-order valence-electron chi connectivity index (χ4n) is 3.38. The van der Waals surface area contributed by atoms with Crippen molar-refractivity contribution in [1.82, 2.24) is 4.57 Å². The Labute approximate surface area is 163 Å². The second-order valence-corrected chi connectivity index (χ2v) is 21.0. The summed E-state index contributed by atoms with van der Waals surface area (Å²) in [4.78, 5) is 24.9. The maximum absolute atomic E-state index is 13.2. The van der Waals surface area contributed by atoms with E-state index in [2.05, 4.69) is 72.3 Å². The van der Waals surface area contributed by atoms with Gasteiger partial charge in [-0.3, -0.25) is 4.79 Å². The van der Waals surface area contributed by atoms with Crippen LogP contribution in [0.3, 0.4) is 0 Å². The number of carbonyl (C=O) groups is 2. The van der Waals surface area contributed by atoms with E-state index in [0.29, 0.717) is 0 Å². The number of amides is 1. The molecule has 1 aliphatic rings. The number of β-lactam (4-membered cyclic amide) rings is 1. The van der Waals surface area contributed by atoms with Gasteiger partial charge >= 0.3 is 0 Å². The van der Waals surface area contributed by atoms with Gasteiger partial charge in [-0.05, 0) is 30.1 Å². The van der Waals surface area contributed by atoms with Gasteiger partial charge < -0.3 is 13.8 Å². The smallest absolute Gasteiger partial charge is 0.222 e. The SMILES string of the molecule is C[C@H](C=O)[C@@H]1[C@@H]([C@@H](C)O[Si](C)(C)C(C)(C)C)C(=O)N1[Si](C)(C)C(C)(C)C. The maximum Gasteiger partial charge on any atom is 0.222 e. The highest BCUT2D eigenvalue weighted by atomic mass is 28.4. The summed E-state index contributed by atoms with van der Waals surface area (Å²) in [6.45, 7) is 26.1. The van der Waals surface area contributed by atoms with E-state index in [9.17, 15) is 9.59 Å². The lowest BCUT2D eigenvalue weighted by Crippen LogP contribution is -2.76. The Bertz CT molecular complexity index is 546. The fourth-order valence-corrected chi connectivity index (χ4v) is 7.37. The van der Waals surface area contributed by atoms with Crippen LogP contribution in [0.5, 0.6) is 0 Å². The van der Waals surface area contributed by atoms with Crippen LogP contribution >= 0.6 is 0 Å². The van der Waals surface area contributed by atoms with Gasteiger partial charge in [-0.1, -0.05) is 61.6 Å². The van der Waals surface area contributed by atoms with Crippen molar-refractivity contribution < 1.29 is 14.0 Å². The molecule has 0 aromatic carbocycles. The molecule has 1 heterocycles. The summed E-state index contributed by atoms with van der Waals surface area (Å²) in [6, 6.07) is -0.0411. The first kappa shape index (κ1) is 23.6. The molecule has 152 valence electrons. The van der Waals surface area contributed by atoms with Gasteiger partial charge in [-0.25, -0.2) is 0 Å². The summed E-state index contributed by atoms with van der Waals surface area (Å²) in [5, 5.41) is 0.150. The van der Waals surface area contributed by atoms with Crippen molar-refractivity contribution in [2.24, 2.45) is 11.8 Å². The number of rotatable bonds is 6. The zero-order valence-corrected chi connectivity index (χ0v) is 21.1. The molecule has 0 aliphatic carbocycles. The Morgan fingerprint density at radius 1 is 1.00 bits per heavy atom. The maximum atomic E-state index is 13.2. The van der Waals surface area contributed by atoms with Crippen molar-refractivity contribution in [3.05, 3.63) is 0 Å². The zero-order valence-electron chi connectivity index (χ0n) is 19.1. The summed E-state index contributed by atoms with van der Waals surface area (Å²) < 4.78 is 8.62. The third-order valence-corrected chi connectivity index (χ3v) is 17.1. The Morgan fingerprint density at radius 3 is 1.81 bits per heavy atom. The molecule has 0 saturated carbocycles. The molecule has 0 unspecified atom stereocenters. The summed E-state index contributed by atoms with van der Waals surface area (Å²) in [5.41, 5.74) is 0. The third-order valence-electron chi connectivity index (χ3n) is 7.17. The van der Waals surface area contributed by atoms with Crippen LogP contribution in [0.25, 0.3) is 0 Å². The first-order valence-electron chi connectivity index (χ1n) is 9.86. The van der Waals surface area contributed by atoms with Gasteiger partial charge in [0.1, 0.15) is 6.29 Å². The molecule has 1 saturated heterocycles. The van der Waals surface area contributed by atoms with Crippen LogP contribution in [0.2, 0.25) is 36.3 Å². The van der Waals surface area contributed by atoms with Crippen LogP contribution in [-0.2, 0) is 14.0 Å². The van der Waals surface area contributed by atoms with E-state index in [1.807, 2.05) is 13.8 Å². The lowest BCUT2D eigenvalue weighted by molar-refractivity contribution is -0.158. The van der Waals surface area contributed by atoms with E-state index in [1.165, 1.54) is 0 Å². The predicted octanol–water partition coefficient (Wildman–Crippen LogP) is 5.06. The number of hydrogen-bond acceptors (Lipinski definition) is 3. The highest BCUT2D eigenvalue weighted by Gasteiger charge is 2.60. The Morgan fingerprint density at radius 2 is 1.46 bits per heavy atom. The topological polar surface area (TPSA) is 46.6 Å². The molecule has 6 heteroatoms. The van der Waals surface area contributed by atoms with Crippen molar-refractivity contribution >= 4 is 28.7 Å². The summed E-state index contributed by atoms with van der Waals surface area (Å²) in [7, 11) is -4.00. The molecule has 1 amide bonds. The van der Waals surface area contributed by atoms with E-state index in [0.717, 1.165) is 6.29 Å². The lowest BCUT2D eigenvalue weighted by Gasteiger charge is -2.61. The first-order chi connectivity index (χ1) is 11.4. The van der Waals surface area contributed by atoms with Crippen LogP contribution < -0.4 is 0 Å². The molecule has 0 spiro atoms. The predicted molar refractivity (Wildman–Crippen MR) is 114 cm³/mol. The number of carbonyl (C=O) groups excluding carboxylic acids is 2. The standard InChI is InChI=1S/C20H41NO3Si2/c1-14(13-22)17-16(15(2)24-26(11,12)20(6,7)8)18(23)21(17)25(9,10)19(3,4)5/h13-17H,1-12H3/t14-,15-,16-,17-/m1/s1. The summed E-state index contributed by atoms with van der Waals surface area (Å²) in [6.07, 6.45) is 0.848. The van der Waals surface area contributed by atoms with E-state index in [4.69, 9.17) is 4.43 Å². The molecular formula is C20H41NO3Si2. The molecule has 1 fully saturated rings. The second-order valence-electron chi connectivity index (χ2n) is 11.1. The molecule has 0 aromatic heterocycles. The van der Waals surface area contributed by atoms with Crippen LogP contribution in [0, 0.1) is 11.8 Å². The van der Waals surface area contributed by atoms with Crippen molar-refractivity contribution in [1.29, 1.82) is 0 Å². The second kappa shape index (κ2) is 7.17. The highest BCUT2D eigenvalue weighted by Crippen LogP contribution is 2.48. The molecule has 0 N–H and O–H groups in total. The van der Waals surface area contributed by atoms with Gasteiger partial charge in [0.2, 0.25) is 5.91 Å². The average molecular weight is 400 g/mol. The van der Waals surface area contributed by atoms with Crippen LogP contribution in [0.4, 0.5) is 0 Å². The molecule has 0 aromatic rings. The molecular weight excluding hydrogens is 358 g/mol. The molecule has 1 rings (SSSR count). The third kappa shape index (κ3) is 4.02. The molecule has 0 radical (unpaired) electrons. The minimum absolute atomic E-state index is 0.0411. The van der Waals surface area contributed by atoms with Gasteiger partial charge in [0, 0.05) is 12.0 Å². The Balaban J connectivity index is 3.18. The molecule has 0 bridgehead atoms. The summed E-state index contributed by atoms with van der Waals surface area (Å²) >= 11 is 0. The van der Waals surface area contributed by atoms with Gasteiger partial charge in [0.25, 0.3) is 0 Å². The van der Waals surface area contributed by atoms with Crippen LogP contribution in [0.1, 0.15) is 55.4 Å². The Hall–Kier alpha value is -0.466. The fraction of sp³-hybridized carbons (Fsp3) is 0.900. The van der Waals surface area contributed by atoms with E-state index >= 15 is 0 Å². The van der Waals surface area contributed by atoms with Gasteiger partial charge in [-0.2, -0.15) is 0 Å². The number of nitrogens with zero attached hydrogens (tertiary/aromatic N) is 1. The van der Waals surface area contributed by atoms with E-state index in [1.54, 1.807) is 0 Å². The van der Waals surface area contributed by atoms with Gasteiger partial charge in [-0.15, -0.1) is 0 Å². The van der Waals surface area contributed by atoms with Crippen molar-refractivity contribution in [3.8, 4) is 0 Å². The molecule has 26 heavy (non-hydrogen) atoms. The van der Waals surface area contributed by atoms with Gasteiger partial charge in [0.15, 0.2) is 16.6 Å². The van der Waals surface area contributed by atoms with E-state index < -0.39 is 16.6 Å². The largest absolute Gasteiger partial charge is 0.413 e. The molecule has 4 atom stereocenters. The van der Waals surface area contributed by atoms with Crippen LogP contribution in [-0.4, -0.2) is 45.5 Å². The van der Waals surface area contributed by atoms with Crippen LogP contribution in [0.15, 0.2) is 0 Å². The lowest BCUT2D eigenvalue weighted by atomic mass is 9.79. The molecule has 1 aliphatic heterocycles. The normalized spacial score (nSPS) is 24.9. The van der Waals surface area contributed by atoms with Crippen molar-refractivity contribution in [2.75, 3.05) is 0 Å². The summed E-state index contributed by atoms with van der Waals surface area (Å²) in [5.74, 6) is -0.197. The minimum atomic E-state index is -2.03. The monoisotopic (exact) mass is 399 g/mol. The first-order valence-corrected chi connectivity index (χ1v) is 15.7. The van der Waals surface area contributed by atoms with Crippen molar-refractivity contribution in [3.63, 3.8) is 0 Å². The molecule has 4 nitrogen and oxygen atoms in total.